The molecule has 2 fully saturated rings. The van der Waals surface area contributed by atoms with Crippen LogP contribution in [0.15, 0.2) is 0 Å². The molecule has 12 heavy (non-hydrogen) atoms. The van der Waals surface area contributed by atoms with Crippen molar-refractivity contribution >= 4 is 0 Å². The van der Waals surface area contributed by atoms with Gasteiger partial charge in [-0.25, -0.2) is 0 Å². The third-order valence-corrected chi connectivity index (χ3v) is 3.98. The van der Waals surface area contributed by atoms with Gasteiger partial charge in [0.2, 0.25) is 0 Å². The molecule has 0 unspecified atom stereocenters. The highest BCUT2D eigenvalue weighted by molar-refractivity contribution is 4.98. The normalized spacial score (nSPS) is 29.2. The third-order valence-electron chi connectivity index (χ3n) is 3.98. The number of nitrogens with zero attached hydrogens (tertiary/aromatic N) is 1. The van der Waals surface area contributed by atoms with E-state index in [1.807, 2.05) is 0 Å². The Balaban J connectivity index is 1.84. The van der Waals surface area contributed by atoms with Crippen LogP contribution < -0.4 is 0 Å². The highest BCUT2D eigenvalue weighted by atomic mass is 15.1. The average molecular weight is 167 g/mol. The molecule has 2 rings (SSSR count). The molecule has 70 valence electrons. The Morgan fingerprint density at radius 1 is 1.00 bits per heavy atom. The Labute approximate surface area is 76.1 Å². The first-order valence-electron chi connectivity index (χ1n) is 5.38. The van der Waals surface area contributed by atoms with Gasteiger partial charge in [-0.3, -0.25) is 0 Å². The molecule has 0 aromatic rings. The standard InChI is InChI=1S/C11H21N/c1-12(2)10-8-11(9-10)6-4-3-5-7-11/h10H,3-9H2,1-2H3. The van der Waals surface area contributed by atoms with E-state index >= 15 is 0 Å². The summed E-state index contributed by atoms with van der Waals surface area (Å²) in [7, 11) is 4.45. The van der Waals surface area contributed by atoms with Gasteiger partial charge in [0.15, 0.2) is 0 Å². The smallest absolute Gasteiger partial charge is 0.00997 e. The fraction of sp³-hybridized carbons (Fsp3) is 1.00. The Morgan fingerprint density at radius 2 is 1.58 bits per heavy atom. The first kappa shape index (κ1) is 8.55. The summed E-state index contributed by atoms with van der Waals surface area (Å²) in [6.45, 7) is 0. The minimum atomic E-state index is 0.813. The second-order valence-corrected chi connectivity index (χ2v) is 5.09. The van der Waals surface area contributed by atoms with E-state index in [0.29, 0.717) is 0 Å². The van der Waals surface area contributed by atoms with Gasteiger partial charge in [0.05, 0.1) is 0 Å². The minimum Gasteiger partial charge on any atom is -0.306 e. The minimum absolute atomic E-state index is 0.813. The lowest BCUT2D eigenvalue weighted by Gasteiger charge is -2.52. The predicted octanol–water partition coefficient (Wildman–Crippen LogP) is 2.66. The molecule has 2 aliphatic rings. The lowest BCUT2D eigenvalue weighted by atomic mass is 9.58. The van der Waals surface area contributed by atoms with Gasteiger partial charge in [0, 0.05) is 6.04 Å². The van der Waals surface area contributed by atoms with Crippen molar-refractivity contribution in [1.82, 2.24) is 4.90 Å². The topological polar surface area (TPSA) is 3.24 Å². The molecule has 0 aliphatic heterocycles. The van der Waals surface area contributed by atoms with Crippen molar-refractivity contribution in [2.45, 2.75) is 51.0 Å². The maximum atomic E-state index is 2.40. The lowest BCUT2D eigenvalue weighted by molar-refractivity contribution is -0.00550. The first-order chi connectivity index (χ1) is 5.72. The Morgan fingerprint density at radius 3 is 2.08 bits per heavy atom. The maximum Gasteiger partial charge on any atom is 0.00997 e. The van der Waals surface area contributed by atoms with Gasteiger partial charge >= 0.3 is 0 Å². The molecule has 1 heteroatoms. The van der Waals surface area contributed by atoms with Crippen molar-refractivity contribution in [3.05, 3.63) is 0 Å². The summed E-state index contributed by atoms with van der Waals surface area (Å²) in [5.74, 6) is 0. The van der Waals surface area contributed by atoms with Crippen molar-refractivity contribution in [2.24, 2.45) is 5.41 Å². The van der Waals surface area contributed by atoms with Crippen LogP contribution in [-0.2, 0) is 0 Å². The van der Waals surface area contributed by atoms with Gasteiger partial charge in [-0.15, -0.1) is 0 Å². The molecule has 0 radical (unpaired) electrons. The van der Waals surface area contributed by atoms with Crippen LogP contribution in [0.5, 0.6) is 0 Å². The Kier molecular flexibility index (Phi) is 2.16. The highest BCUT2D eigenvalue weighted by Crippen LogP contribution is 2.52. The van der Waals surface area contributed by atoms with Gasteiger partial charge in [-0.05, 0) is 45.2 Å². The van der Waals surface area contributed by atoms with Crippen LogP contribution in [0, 0.1) is 5.41 Å². The molecule has 1 nitrogen and oxygen atoms in total. The van der Waals surface area contributed by atoms with Gasteiger partial charge in [-0.1, -0.05) is 19.3 Å². The molecule has 0 heterocycles. The maximum absolute atomic E-state index is 2.40. The zero-order chi connectivity index (χ0) is 8.60. The molecule has 2 aliphatic carbocycles. The SMILES string of the molecule is CN(C)C1CC2(CCCCC2)C1. The van der Waals surface area contributed by atoms with E-state index in [4.69, 9.17) is 0 Å². The monoisotopic (exact) mass is 167 g/mol. The van der Waals surface area contributed by atoms with Crippen LogP contribution in [0.1, 0.15) is 44.9 Å². The summed E-state index contributed by atoms with van der Waals surface area (Å²) in [6, 6.07) is 0.906. The molecular weight excluding hydrogens is 146 g/mol. The summed E-state index contributed by atoms with van der Waals surface area (Å²) < 4.78 is 0. The van der Waals surface area contributed by atoms with Crippen molar-refractivity contribution in [3.63, 3.8) is 0 Å². The Hall–Kier alpha value is -0.0400. The molecule has 0 aromatic heterocycles. The molecule has 0 saturated heterocycles. The lowest BCUT2D eigenvalue weighted by Crippen LogP contribution is -2.49. The van der Waals surface area contributed by atoms with Gasteiger partial charge in [0.1, 0.15) is 0 Å². The summed E-state index contributed by atoms with van der Waals surface area (Å²) >= 11 is 0. The molecule has 0 amide bonds. The van der Waals surface area contributed by atoms with Gasteiger partial charge < -0.3 is 4.90 Å². The van der Waals surface area contributed by atoms with E-state index in [1.54, 1.807) is 0 Å². The molecule has 0 atom stereocenters. The zero-order valence-electron chi connectivity index (χ0n) is 8.47. The first-order valence-corrected chi connectivity index (χ1v) is 5.38. The number of hydrogen-bond donors (Lipinski definition) is 0. The number of hydrogen-bond acceptors (Lipinski definition) is 1. The fourth-order valence-electron chi connectivity index (χ4n) is 3.02. The van der Waals surface area contributed by atoms with Crippen molar-refractivity contribution in [1.29, 1.82) is 0 Å². The predicted molar refractivity (Wildman–Crippen MR) is 52.2 cm³/mol. The average Bonchev–Trinajstić information content (AvgIpc) is 2.01. The van der Waals surface area contributed by atoms with E-state index in [-0.39, 0.29) is 0 Å². The Bertz CT molecular complexity index is 148. The molecule has 0 bridgehead atoms. The van der Waals surface area contributed by atoms with Crippen molar-refractivity contribution in [3.8, 4) is 0 Å². The van der Waals surface area contributed by atoms with E-state index in [2.05, 4.69) is 19.0 Å². The van der Waals surface area contributed by atoms with Crippen LogP contribution in [0.3, 0.4) is 0 Å². The molecular formula is C11H21N. The summed E-state index contributed by atoms with van der Waals surface area (Å²) in [5.41, 5.74) is 0.813. The molecule has 1 spiro atoms. The quantitative estimate of drug-likeness (QED) is 0.580. The van der Waals surface area contributed by atoms with Gasteiger partial charge in [-0.2, -0.15) is 0 Å². The summed E-state index contributed by atoms with van der Waals surface area (Å²) in [6.07, 6.45) is 10.5. The van der Waals surface area contributed by atoms with Crippen LogP contribution in [0.25, 0.3) is 0 Å². The van der Waals surface area contributed by atoms with Crippen LogP contribution in [0.4, 0.5) is 0 Å². The van der Waals surface area contributed by atoms with Crippen molar-refractivity contribution < 1.29 is 0 Å². The number of rotatable bonds is 1. The molecule has 2 saturated carbocycles. The van der Waals surface area contributed by atoms with Crippen LogP contribution >= 0.6 is 0 Å². The highest BCUT2D eigenvalue weighted by Gasteiger charge is 2.44. The summed E-state index contributed by atoms with van der Waals surface area (Å²) in [4.78, 5) is 2.40. The third kappa shape index (κ3) is 1.39. The second kappa shape index (κ2) is 3.02. The second-order valence-electron chi connectivity index (χ2n) is 5.09. The zero-order valence-corrected chi connectivity index (χ0v) is 8.47. The van der Waals surface area contributed by atoms with Gasteiger partial charge in [0.25, 0.3) is 0 Å². The molecule has 0 N–H and O–H groups in total. The molecule has 0 aromatic carbocycles. The van der Waals surface area contributed by atoms with E-state index in [0.717, 1.165) is 11.5 Å². The van der Waals surface area contributed by atoms with Crippen LogP contribution in [-0.4, -0.2) is 25.0 Å². The largest absolute Gasteiger partial charge is 0.306 e. The van der Waals surface area contributed by atoms with E-state index < -0.39 is 0 Å². The summed E-state index contributed by atoms with van der Waals surface area (Å²) in [5, 5.41) is 0. The van der Waals surface area contributed by atoms with E-state index in [9.17, 15) is 0 Å². The fourth-order valence-corrected chi connectivity index (χ4v) is 3.02. The van der Waals surface area contributed by atoms with E-state index in [1.165, 1.54) is 44.9 Å². The van der Waals surface area contributed by atoms with Crippen molar-refractivity contribution in [2.75, 3.05) is 14.1 Å². The van der Waals surface area contributed by atoms with Crippen LogP contribution in [0.2, 0.25) is 0 Å².